The highest BCUT2D eigenvalue weighted by Crippen LogP contribution is 2.32. The number of nitrogens with one attached hydrogen (secondary N) is 1. The summed E-state index contributed by atoms with van der Waals surface area (Å²) in [6.07, 6.45) is 5.68. The van der Waals surface area contributed by atoms with Gasteiger partial charge in [0.2, 0.25) is 10.0 Å². The third-order valence-corrected chi connectivity index (χ3v) is 6.02. The average Bonchev–Trinajstić information content (AvgIpc) is 3.12. The van der Waals surface area contributed by atoms with Crippen molar-refractivity contribution in [1.29, 1.82) is 0 Å². The van der Waals surface area contributed by atoms with Crippen LogP contribution in [0.25, 0.3) is 11.5 Å². The van der Waals surface area contributed by atoms with Gasteiger partial charge in [0.1, 0.15) is 5.75 Å². The predicted molar refractivity (Wildman–Crippen MR) is 97.5 cm³/mol. The summed E-state index contributed by atoms with van der Waals surface area (Å²) in [4.78, 5) is 4.49. The lowest BCUT2D eigenvalue weighted by Gasteiger charge is -2.22. The highest BCUT2D eigenvalue weighted by Gasteiger charge is 2.24. The second-order valence-electron chi connectivity index (χ2n) is 6.42. The zero-order valence-electron chi connectivity index (χ0n) is 15.2. The highest BCUT2D eigenvalue weighted by molar-refractivity contribution is 7.89. The van der Waals surface area contributed by atoms with Crippen molar-refractivity contribution in [2.24, 2.45) is 0 Å². The summed E-state index contributed by atoms with van der Waals surface area (Å²) in [6.45, 7) is 4.24. The van der Waals surface area contributed by atoms with Crippen LogP contribution in [0.1, 0.15) is 51.8 Å². The minimum Gasteiger partial charge on any atom is -0.493 e. The van der Waals surface area contributed by atoms with Crippen molar-refractivity contribution in [2.75, 3.05) is 6.61 Å². The van der Waals surface area contributed by atoms with Crippen LogP contribution in [0.2, 0.25) is 0 Å². The molecule has 1 N–H and O–H groups in total. The lowest BCUT2D eigenvalue weighted by molar-refractivity contribution is 0.339. The number of sulfonamides is 1. The molecule has 142 valence electrons. The number of rotatable bonds is 7. The SMILES string of the molecule is CCOc1ccc(S(=O)(=O)NC2CCCCC2)cc1-c1nc(CC)no1. The molecule has 1 heterocycles. The van der Waals surface area contributed by atoms with Gasteiger partial charge in [0.05, 0.1) is 17.1 Å². The minimum atomic E-state index is -3.62. The van der Waals surface area contributed by atoms with Crippen LogP contribution in [-0.2, 0) is 16.4 Å². The Labute approximate surface area is 154 Å². The third-order valence-electron chi connectivity index (χ3n) is 4.50. The molecule has 2 aromatic rings. The quantitative estimate of drug-likeness (QED) is 0.793. The molecule has 1 saturated carbocycles. The van der Waals surface area contributed by atoms with E-state index in [1.807, 2.05) is 13.8 Å². The number of hydrogen-bond donors (Lipinski definition) is 1. The molecular weight excluding hydrogens is 354 g/mol. The number of hydrogen-bond acceptors (Lipinski definition) is 6. The molecular formula is C18H25N3O4S. The first-order valence-electron chi connectivity index (χ1n) is 9.15. The van der Waals surface area contributed by atoms with E-state index in [1.54, 1.807) is 18.2 Å². The number of benzene rings is 1. The first-order chi connectivity index (χ1) is 12.5. The highest BCUT2D eigenvalue weighted by atomic mass is 32.2. The summed E-state index contributed by atoms with van der Waals surface area (Å²) in [7, 11) is -3.62. The number of aryl methyl sites for hydroxylation is 1. The van der Waals surface area contributed by atoms with Gasteiger partial charge in [0, 0.05) is 12.5 Å². The summed E-state index contributed by atoms with van der Waals surface area (Å²) >= 11 is 0. The van der Waals surface area contributed by atoms with E-state index in [2.05, 4.69) is 14.9 Å². The van der Waals surface area contributed by atoms with Gasteiger partial charge in [-0.2, -0.15) is 4.98 Å². The van der Waals surface area contributed by atoms with Gasteiger partial charge in [-0.15, -0.1) is 0 Å². The van der Waals surface area contributed by atoms with Gasteiger partial charge < -0.3 is 9.26 Å². The van der Waals surface area contributed by atoms with E-state index in [0.717, 1.165) is 25.7 Å². The molecule has 1 aromatic carbocycles. The van der Waals surface area contributed by atoms with Crippen LogP contribution in [0.3, 0.4) is 0 Å². The maximum absolute atomic E-state index is 12.8. The molecule has 8 heteroatoms. The fourth-order valence-electron chi connectivity index (χ4n) is 3.14. The molecule has 1 aliphatic rings. The van der Waals surface area contributed by atoms with Crippen molar-refractivity contribution < 1.29 is 17.7 Å². The van der Waals surface area contributed by atoms with E-state index < -0.39 is 10.0 Å². The molecule has 0 unspecified atom stereocenters. The van der Waals surface area contributed by atoms with Crippen LogP contribution in [0.5, 0.6) is 5.75 Å². The summed E-state index contributed by atoms with van der Waals surface area (Å²) in [5.74, 6) is 1.35. The molecule has 0 saturated heterocycles. The number of aromatic nitrogens is 2. The molecule has 0 spiro atoms. The Kier molecular flexibility index (Phi) is 5.93. The summed E-state index contributed by atoms with van der Waals surface area (Å²) in [6, 6.07) is 4.74. The Hall–Kier alpha value is -1.93. The van der Waals surface area contributed by atoms with Gasteiger partial charge in [0.15, 0.2) is 5.82 Å². The Bertz CT molecular complexity index is 842. The fraction of sp³-hybridized carbons (Fsp3) is 0.556. The van der Waals surface area contributed by atoms with Gasteiger partial charge in [0.25, 0.3) is 5.89 Å². The molecule has 1 aromatic heterocycles. The van der Waals surface area contributed by atoms with Crippen molar-refractivity contribution in [3.63, 3.8) is 0 Å². The van der Waals surface area contributed by atoms with E-state index in [4.69, 9.17) is 9.26 Å². The Morgan fingerprint density at radius 2 is 2.00 bits per heavy atom. The van der Waals surface area contributed by atoms with Crippen molar-refractivity contribution in [1.82, 2.24) is 14.9 Å². The van der Waals surface area contributed by atoms with Crippen LogP contribution < -0.4 is 9.46 Å². The summed E-state index contributed by atoms with van der Waals surface area (Å²) < 4.78 is 39.3. The van der Waals surface area contributed by atoms with Gasteiger partial charge in [-0.25, -0.2) is 13.1 Å². The van der Waals surface area contributed by atoms with Gasteiger partial charge >= 0.3 is 0 Å². The minimum absolute atomic E-state index is 0.00105. The molecule has 0 atom stereocenters. The molecule has 26 heavy (non-hydrogen) atoms. The van der Waals surface area contributed by atoms with Crippen molar-refractivity contribution in [3.8, 4) is 17.2 Å². The van der Waals surface area contributed by atoms with Crippen molar-refractivity contribution in [3.05, 3.63) is 24.0 Å². The van der Waals surface area contributed by atoms with Gasteiger partial charge in [-0.05, 0) is 38.0 Å². The van der Waals surface area contributed by atoms with Gasteiger partial charge in [-0.1, -0.05) is 31.3 Å². The first-order valence-corrected chi connectivity index (χ1v) is 10.6. The Morgan fingerprint density at radius 1 is 1.23 bits per heavy atom. The van der Waals surface area contributed by atoms with E-state index in [9.17, 15) is 8.42 Å². The standard InChI is InChI=1S/C18H25N3O4S/c1-3-17-19-18(25-20-17)15-12-14(10-11-16(15)24-4-2)26(22,23)21-13-8-6-5-7-9-13/h10-13,21H,3-9H2,1-2H3. The molecule has 0 amide bonds. The third kappa shape index (κ3) is 4.24. The largest absolute Gasteiger partial charge is 0.493 e. The second kappa shape index (κ2) is 8.18. The lowest BCUT2D eigenvalue weighted by atomic mass is 9.96. The van der Waals surface area contributed by atoms with E-state index >= 15 is 0 Å². The molecule has 1 fully saturated rings. The number of ether oxygens (including phenoxy) is 1. The van der Waals surface area contributed by atoms with Crippen LogP contribution in [0.15, 0.2) is 27.6 Å². The van der Waals surface area contributed by atoms with Crippen molar-refractivity contribution >= 4 is 10.0 Å². The summed E-state index contributed by atoms with van der Waals surface area (Å²) in [5.41, 5.74) is 0.491. The predicted octanol–water partition coefficient (Wildman–Crippen LogP) is 3.31. The van der Waals surface area contributed by atoms with E-state index in [-0.39, 0.29) is 16.8 Å². The smallest absolute Gasteiger partial charge is 0.261 e. The maximum Gasteiger partial charge on any atom is 0.261 e. The molecule has 0 radical (unpaired) electrons. The molecule has 7 nitrogen and oxygen atoms in total. The molecule has 0 bridgehead atoms. The average molecular weight is 379 g/mol. The van der Waals surface area contributed by atoms with Crippen molar-refractivity contribution in [2.45, 2.75) is 63.3 Å². The van der Waals surface area contributed by atoms with E-state index in [0.29, 0.717) is 30.2 Å². The maximum atomic E-state index is 12.8. The first kappa shape index (κ1) is 18.8. The number of nitrogens with zero attached hydrogens (tertiary/aromatic N) is 2. The van der Waals surface area contributed by atoms with Crippen LogP contribution in [0.4, 0.5) is 0 Å². The summed E-state index contributed by atoms with van der Waals surface area (Å²) in [5, 5.41) is 3.89. The lowest BCUT2D eigenvalue weighted by Crippen LogP contribution is -2.36. The zero-order valence-corrected chi connectivity index (χ0v) is 16.0. The normalized spacial score (nSPS) is 15.9. The second-order valence-corrected chi connectivity index (χ2v) is 8.13. The van der Waals surface area contributed by atoms with E-state index in [1.165, 1.54) is 6.42 Å². The Balaban J connectivity index is 1.93. The Morgan fingerprint density at radius 3 is 2.65 bits per heavy atom. The monoisotopic (exact) mass is 379 g/mol. The molecule has 1 aliphatic carbocycles. The van der Waals surface area contributed by atoms with Crippen LogP contribution >= 0.6 is 0 Å². The fourth-order valence-corrected chi connectivity index (χ4v) is 4.47. The topological polar surface area (TPSA) is 94.3 Å². The van der Waals surface area contributed by atoms with Gasteiger partial charge in [-0.3, -0.25) is 0 Å². The van der Waals surface area contributed by atoms with Crippen LogP contribution in [-0.4, -0.2) is 31.2 Å². The zero-order chi connectivity index (χ0) is 18.6. The molecule has 3 rings (SSSR count). The molecule has 0 aliphatic heterocycles. The van der Waals surface area contributed by atoms with Crippen LogP contribution in [0, 0.1) is 0 Å².